The van der Waals surface area contributed by atoms with Crippen molar-refractivity contribution in [3.8, 4) is 0 Å². The molecule has 0 aliphatic heterocycles. The smallest absolute Gasteiger partial charge is 0.128 e. The van der Waals surface area contributed by atoms with Crippen molar-refractivity contribution in [2.45, 2.75) is 24.4 Å². The first-order valence-corrected chi connectivity index (χ1v) is 4.90. The second-order valence-electron chi connectivity index (χ2n) is 3.88. The lowest BCUT2D eigenvalue weighted by molar-refractivity contribution is 0.501. The lowest BCUT2D eigenvalue weighted by atomic mass is 9.98. The van der Waals surface area contributed by atoms with Crippen LogP contribution >= 0.6 is 11.6 Å². The summed E-state index contributed by atoms with van der Waals surface area (Å²) in [6.45, 7) is 0. The molecular formula is C10H12ClFN2. The average Bonchev–Trinajstić information content (AvgIpc) is 2.88. The van der Waals surface area contributed by atoms with Crippen LogP contribution in [-0.2, 0) is 0 Å². The molecule has 1 aromatic carbocycles. The van der Waals surface area contributed by atoms with Crippen molar-refractivity contribution in [3.63, 3.8) is 0 Å². The molecule has 0 heterocycles. The Kier molecular flexibility index (Phi) is 2.26. The zero-order valence-corrected chi connectivity index (χ0v) is 8.39. The predicted molar refractivity (Wildman–Crippen MR) is 54.5 cm³/mol. The van der Waals surface area contributed by atoms with Gasteiger partial charge in [-0.2, -0.15) is 0 Å². The maximum atomic E-state index is 13.4. The summed E-state index contributed by atoms with van der Waals surface area (Å²) >= 11 is 5.77. The molecule has 14 heavy (non-hydrogen) atoms. The first-order valence-electron chi connectivity index (χ1n) is 4.52. The first-order chi connectivity index (χ1) is 6.53. The Morgan fingerprint density at radius 3 is 2.64 bits per heavy atom. The van der Waals surface area contributed by atoms with Gasteiger partial charge in [0.15, 0.2) is 0 Å². The number of halogens is 2. The summed E-state index contributed by atoms with van der Waals surface area (Å²) in [7, 11) is 0. The Bertz CT molecular complexity index is 363. The molecule has 4 N–H and O–H groups in total. The highest BCUT2D eigenvalue weighted by atomic mass is 35.5. The molecule has 2 rings (SSSR count). The van der Waals surface area contributed by atoms with Gasteiger partial charge < -0.3 is 11.5 Å². The molecular weight excluding hydrogens is 203 g/mol. The van der Waals surface area contributed by atoms with E-state index in [0.717, 1.165) is 12.8 Å². The van der Waals surface area contributed by atoms with Gasteiger partial charge in [-0.05, 0) is 31.0 Å². The summed E-state index contributed by atoms with van der Waals surface area (Å²) in [5, 5.41) is 0.487. The van der Waals surface area contributed by atoms with E-state index in [9.17, 15) is 4.39 Å². The fraction of sp³-hybridized carbons (Fsp3) is 0.400. The van der Waals surface area contributed by atoms with E-state index in [1.165, 1.54) is 12.1 Å². The van der Waals surface area contributed by atoms with E-state index >= 15 is 0 Å². The second-order valence-corrected chi connectivity index (χ2v) is 4.31. The third kappa shape index (κ3) is 1.63. The van der Waals surface area contributed by atoms with Crippen molar-refractivity contribution >= 4 is 11.6 Å². The van der Waals surface area contributed by atoms with E-state index in [2.05, 4.69) is 0 Å². The van der Waals surface area contributed by atoms with Crippen molar-refractivity contribution in [1.29, 1.82) is 0 Å². The fourth-order valence-electron chi connectivity index (χ4n) is 1.52. The normalized spacial score (nSPS) is 20.6. The molecule has 1 aromatic rings. The van der Waals surface area contributed by atoms with E-state index in [4.69, 9.17) is 23.1 Å². The summed E-state index contributed by atoms with van der Waals surface area (Å²) in [6, 6.07) is 3.92. The fourth-order valence-corrected chi connectivity index (χ4v) is 1.70. The number of hydrogen-bond donors (Lipinski definition) is 2. The summed E-state index contributed by atoms with van der Waals surface area (Å²) in [4.78, 5) is 0. The summed E-state index contributed by atoms with van der Waals surface area (Å²) in [5.41, 5.74) is 11.8. The van der Waals surface area contributed by atoms with Crippen LogP contribution in [0, 0.1) is 5.82 Å². The van der Waals surface area contributed by atoms with Crippen molar-refractivity contribution in [3.05, 3.63) is 34.6 Å². The van der Waals surface area contributed by atoms with E-state index in [1.54, 1.807) is 6.07 Å². The molecule has 2 nitrogen and oxygen atoms in total. The second kappa shape index (κ2) is 3.19. The van der Waals surface area contributed by atoms with Crippen LogP contribution in [0.2, 0.25) is 5.02 Å². The molecule has 0 aromatic heterocycles. The molecule has 0 amide bonds. The molecule has 1 unspecified atom stereocenters. The zero-order valence-electron chi connectivity index (χ0n) is 7.63. The van der Waals surface area contributed by atoms with Crippen molar-refractivity contribution in [2.75, 3.05) is 0 Å². The molecule has 1 aliphatic carbocycles. The van der Waals surface area contributed by atoms with Gasteiger partial charge >= 0.3 is 0 Å². The molecule has 1 saturated carbocycles. The van der Waals surface area contributed by atoms with E-state index < -0.39 is 11.6 Å². The monoisotopic (exact) mass is 214 g/mol. The van der Waals surface area contributed by atoms with Gasteiger partial charge in [-0.3, -0.25) is 0 Å². The lowest BCUT2D eigenvalue weighted by Crippen LogP contribution is -2.36. The Morgan fingerprint density at radius 1 is 1.43 bits per heavy atom. The first kappa shape index (κ1) is 9.90. The highest BCUT2D eigenvalue weighted by Crippen LogP contribution is 2.42. The van der Waals surface area contributed by atoms with Gasteiger partial charge in [0.05, 0.1) is 6.04 Å². The minimum atomic E-state index is -0.457. The van der Waals surface area contributed by atoms with Crippen LogP contribution < -0.4 is 11.5 Å². The maximum Gasteiger partial charge on any atom is 0.128 e. The standard InChI is InChI=1S/C10H12ClFN2/c11-6-1-2-8(12)7(5-6)9(13)10(14)3-4-10/h1-2,5,9H,3-4,13-14H2. The molecule has 4 heteroatoms. The van der Waals surface area contributed by atoms with Gasteiger partial charge in [-0.1, -0.05) is 11.6 Å². The molecule has 1 fully saturated rings. The molecule has 1 atom stereocenters. The van der Waals surface area contributed by atoms with Crippen LogP contribution in [-0.4, -0.2) is 5.54 Å². The Labute approximate surface area is 87.0 Å². The Morgan fingerprint density at radius 2 is 2.07 bits per heavy atom. The van der Waals surface area contributed by atoms with Crippen LogP contribution in [0.4, 0.5) is 4.39 Å². The third-order valence-corrected chi connectivity index (χ3v) is 2.97. The molecule has 1 aliphatic rings. The van der Waals surface area contributed by atoms with Crippen LogP contribution in [0.15, 0.2) is 18.2 Å². The van der Waals surface area contributed by atoms with Gasteiger partial charge in [0, 0.05) is 16.1 Å². The maximum absolute atomic E-state index is 13.4. The minimum absolute atomic E-state index is 0.335. The predicted octanol–water partition coefficient (Wildman–Crippen LogP) is 1.97. The summed E-state index contributed by atoms with van der Waals surface area (Å²) in [5.74, 6) is -0.335. The quantitative estimate of drug-likeness (QED) is 0.791. The number of hydrogen-bond acceptors (Lipinski definition) is 2. The molecule has 0 saturated heterocycles. The highest BCUT2D eigenvalue weighted by Gasteiger charge is 2.45. The van der Waals surface area contributed by atoms with E-state index in [1.807, 2.05) is 0 Å². The van der Waals surface area contributed by atoms with Crippen molar-refractivity contribution in [2.24, 2.45) is 11.5 Å². The van der Waals surface area contributed by atoms with Gasteiger partial charge in [-0.15, -0.1) is 0 Å². The van der Waals surface area contributed by atoms with Crippen molar-refractivity contribution in [1.82, 2.24) is 0 Å². The highest BCUT2D eigenvalue weighted by molar-refractivity contribution is 6.30. The van der Waals surface area contributed by atoms with Crippen LogP contribution in [0.3, 0.4) is 0 Å². The van der Waals surface area contributed by atoms with Gasteiger partial charge in [-0.25, -0.2) is 4.39 Å². The van der Waals surface area contributed by atoms with Gasteiger partial charge in [0.1, 0.15) is 5.82 Å². The SMILES string of the molecule is NC(c1cc(Cl)ccc1F)C1(N)CC1. The number of benzene rings is 1. The van der Waals surface area contributed by atoms with E-state index in [0.29, 0.717) is 10.6 Å². The summed E-state index contributed by atoms with van der Waals surface area (Å²) < 4.78 is 13.4. The van der Waals surface area contributed by atoms with E-state index in [-0.39, 0.29) is 5.82 Å². The van der Waals surface area contributed by atoms with Crippen molar-refractivity contribution < 1.29 is 4.39 Å². The summed E-state index contributed by atoms with van der Waals surface area (Å²) in [6.07, 6.45) is 1.69. The number of rotatable bonds is 2. The molecule has 76 valence electrons. The Hall–Kier alpha value is -0.640. The minimum Gasteiger partial charge on any atom is -0.323 e. The largest absolute Gasteiger partial charge is 0.323 e. The van der Waals surface area contributed by atoms with Crippen LogP contribution in [0.25, 0.3) is 0 Å². The Balaban J connectivity index is 2.35. The molecule has 0 bridgehead atoms. The number of nitrogens with two attached hydrogens (primary N) is 2. The van der Waals surface area contributed by atoms with Crippen LogP contribution in [0.1, 0.15) is 24.4 Å². The molecule has 0 radical (unpaired) electrons. The zero-order chi connectivity index (χ0) is 10.3. The average molecular weight is 215 g/mol. The third-order valence-electron chi connectivity index (χ3n) is 2.74. The lowest BCUT2D eigenvalue weighted by Gasteiger charge is -2.19. The van der Waals surface area contributed by atoms with Gasteiger partial charge in [0.2, 0.25) is 0 Å². The topological polar surface area (TPSA) is 52.0 Å². The molecule has 0 spiro atoms. The van der Waals surface area contributed by atoms with Crippen LogP contribution in [0.5, 0.6) is 0 Å². The van der Waals surface area contributed by atoms with Gasteiger partial charge in [0.25, 0.3) is 0 Å².